The largest absolute Gasteiger partial charge is 0.379 e. The Morgan fingerprint density at radius 3 is 2.74 bits per heavy atom. The lowest BCUT2D eigenvalue weighted by molar-refractivity contribution is -0.129. The van der Waals surface area contributed by atoms with Crippen LogP contribution in [-0.4, -0.2) is 99.6 Å². The van der Waals surface area contributed by atoms with E-state index in [0.717, 1.165) is 45.8 Å². The monoisotopic (exact) mass is 326 g/mol. The second kappa shape index (κ2) is 9.20. The van der Waals surface area contributed by atoms with Gasteiger partial charge < -0.3 is 19.9 Å². The molecule has 0 spiro atoms. The quantitative estimate of drug-likeness (QED) is 0.594. The number of hydrogen-bond acceptors (Lipinski definition) is 5. The number of ether oxygens (including phenoxy) is 1. The Labute approximate surface area is 138 Å². The van der Waals surface area contributed by atoms with E-state index in [4.69, 9.17) is 4.74 Å². The van der Waals surface area contributed by atoms with Gasteiger partial charge in [0.05, 0.1) is 19.1 Å². The van der Waals surface area contributed by atoms with Crippen molar-refractivity contribution in [1.29, 1.82) is 0 Å². The van der Waals surface area contributed by atoms with Gasteiger partial charge in [-0.25, -0.2) is 0 Å². The molecular formula is C16H30N4O3. The molecule has 2 fully saturated rings. The highest BCUT2D eigenvalue weighted by molar-refractivity contribution is 5.89. The molecule has 0 bridgehead atoms. The zero-order chi connectivity index (χ0) is 16.7. The summed E-state index contributed by atoms with van der Waals surface area (Å²) >= 11 is 0. The zero-order valence-corrected chi connectivity index (χ0v) is 14.4. The number of morpholine rings is 1. The lowest BCUT2D eigenvalue weighted by atomic mass is 10.1. The minimum absolute atomic E-state index is 0.0194. The van der Waals surface area contributed by atoms with Crippen LogP contribution in [0.2, 0.25) is 0 Å². The third kappa shape index (κ3) is 6.08. The van der Waals surface area contributed by atoms with Gasteiger partial charge in [0.25, 0.3) is 0 Å². The summed E-state index contributed by atoms with van der Waals surface area (Å²) in [5.41, 5.74) is 0. The van der Waals surface area contributed by atoms with Gasteiger partial charge in [0, 0.05) is 45.7 Å². The van der Waals surface area contributed by atoms with Gasteiger partial charge in [-0.05, 0) is 27.1 Å². The summed E-state index contributed by atoms with van der Waals surface area (Å²) < 4.78 is 5.32. The Kier molecular flexibility index (Phi) is 7.26. The average molecular weight is 326 g/mol. The number of carbonyl (C=O) groups is 2. The van der Waals surface area contributed by atoms with Crippen molar-refractivity contribution in [2.45, 2.75) is 12.8 Å². The SMILES string of the molecule is CN(C)CCCNC(=O)C1CC(=O)N(CCN2CCOCC2)C1. The van der Waals surface area contributed by atoms with Gasteiger partial charge in [0.1, 0.15) is 0 Å². The molecule has 2 aliphatic heterocycles. The summed E-state index contributed by atoms with van der Waals surface area (Å²) in [5.74, 6) is -0.0655. The molecule has 2 rings (SSSR count). The number of amides is 2. The predicted octanol–water partition coefficient (Wildman–Crippen LogP) is -0.765. The van der Waals surface area contributed by atoms with Crippen LogP contribution in [-0.2, 0) is 14.3 Å². The van der Waals surface area contributed by atoms with Crippen LogP contribution in [0.3, 0.4) is 0 Å². The van der Waals surface area contributed by atoms with E-state index in [1.165, 1.54) is 0 Å². The molecule has 2 amide bonds. The Hall–Kier alpha value is -1.18. The Morgan fingerprint density at radius 2 is 2.04 bits per heavy atom. The van der Waals surface area contributed by atoms with Crippen LogP contribution >= 0.6 is 0 Å². The molecule has 1 atom stereocenters. The highest BCUT2D eigenvalue weighted by Crippen LogP contribution is 2.17. The van der Waals surface area contributed by atoms with E-state index in [2.05, 4.69) is 15.1 Å². The first kappa shape index (κ1) is 18.2. The molecule has 0 saturated carbocycles. The second-order valence-corrected chi connectivity index (χ2v) is 6.64. The van der Waals surface area contributed by atoms with Gasteiger partial charge in [-0.1, -0.05) is 0 Å². The van der Waals surface area contributed by atoms with Crippen LogP contribution in [0.1, 0.15) is 12.8 Å². The van der Waals surface area contributed by atoms with Crippen molar-refractivity contribution in [2.24, 2.45) is 5.92 Å². The van der Waals surface area contributed by atoms with Gasteiger partial charge in [-0.3, -0.25) is 14.5 Å². The van der Waals surface area contributed by atoms with Crippen molar-refractivity contribution in [2.75, 3.05) is 73.1 Å². The first-order valence-corrected chi connectivity index (χ1v) is 8.56. The third-order valence-corrected chi connectivity index (χ3v) is 4.46. The standard InChI is InChI=1S/C16H30N4O3/c1-18(2)5-3-4-17-16(22)14-12-15(21)20(13-14)7-6-19-8-10-23-11-9-19/h14H,3-13H2,1-2H3,(H,17,22). The third-order valence-electron chi connectivity index (χ3n) is 4.46. The molecule has 0 aliphatic carbocycles. The second-order valence-electron chi connectivity index (χ2n) is 6.64. The molecule has 1 N–H and O–H groups in total. The first-order chi connectivity index (χ1) is 11.1. The summed E-state index contributed by atoms with van der Waals surface area (Å²) in [6, 6.07) is 0. The Balaban J connectivity index is 1.65. The minimum Gasteiger partial charge on any atom is -0.379 e. The molecular weight excluding hydrogens is 296 g/mol. The van der Waals surface area contributed by atoms with Gasteiger partial charge in [0.2, 0.25) is 11.8 Å². The smallest absolute Gasteiger partial charge is 0.225 e. The van der Waals surface area contributed by atoms with E-state index in [9.17, 15) is 9.59 Å². The van der Waals surface area contributed by atoms with Crippen LogP contribution < -0.4 is 5.32 Å². The molecule has 7 heteroatoms. The molecule has 0 aromatic carbocycles. The molecule has 2 saturated heterocycles. The Morgan fingerprint density at radius 1 is 1.30 bits per heavy atom. The normalized spacial score (nSPS) is 22.8. The van der Waals surface area contributed by atoms with Gasteiger partial charge in [-0.2, -0.15) is 0 Å². The number of carbonyl (C=O) groups excluding carboxylic acids is 2. The fourth-order valence-electron chi connectivity index (χ4n) is 3.00. The summed E-state index contributed by atoms with van der Waals surface area (Å²) in [6.07, 6.45) is 1.28. The molecule has 7 nitrogen and oxygen atoms in total. The van der Waals surface area contributed by atoms with Crippen LogP contribution in [0.5, 0.6) is 0 Å². The van der Waals surface area contributed by atoms with Crippen LogP contribution in [0.25, 0.3) is 0 Å². The van der Waals surface area contributed by atoms with E-state index < -0.39 is 0 Å². The van der Waals surface area contributed by atoms with E-state index in [1.54, 1.807) is 0 Å². The number of rotatable bonds is 8. The van der Waals surface area contributed by atoms with E-state index in [-0.39, 0.29) is 17.7 Å². The van der Waals surface area contributed by atoms with E-state index in [1.807, 2.05) is 19.0 Å². The lowest BCUT2D eigenvalue weighted by Gasteiger charge is -2.28. The fraction of sp³-hybridized carbons (Fsp3) is 0.875. The maximum atomic E-state index is 12.2. The van der Waals surface area contributed by atoms with E-state index >= 15 is 0 Å². The number of hydrogen-bond donors (Lipinski definition) is 1. The summed E-state index contributed by atoms with van der Waals surface area (Å²) in [7, 11) is 4.04. The number of nitrogens with one attached hydrogen (secondary N) is 1. The van der Waals surface area contributed by atoms with Gasteiger partial charge in [0.15, 0.2) is 0 Å². The molecule has 1 unspecified atom stereocenters. The van der Waals surface area contributed by atoms with Crippen LogP contribution in [0, 0.1) is 5.92 Å². The molecule has 2 heterocycles. The summed E-state index contributed by atoms with van der Waals surface area (Å²) in [5, 5.41) is 2.96. The lowest BCUT2D eigenvalue weighted by Crippen LogP contribution is -2.42. The van der Waals surface area contributed by atoms with Crippen LogP contribution in [0.15, 0.2) is 0 Å². The fourth-order valence-corrected chi connectivity index (χ4v) is 3.00. The molecule has 2 aliphatic rings. The molecule has 0 aromatic heterocycles. The molecule has 0 aromatic rings. The first-order valence-electron chi connectivity index (χ1n) is 8.56. The van der Waals surface area contributed by atoms with Crippen molar-refractivity contribution in [3.8, 4) is 0 Å². The summed E-state index contributed by atoms with van der Waals surface area (Å²) in [6.45, 7) is 7.16. The van der Waals surface area contributed by atoms with Gasteiger partial charge >= 0.3 is 0 Å². The maximum Gasteiger partial charge on any atom is 0.225 e. The van der Waals surface area contributed by atoms with Gasteiger partial charge in [-0.15, -0.1) is 0 Å². The number of nitrogens with zero attached hydrogens (tertiary/aromatic N) is 3. The van der Waals surface area contributed by atoms with Crippen molar-refractivity contribution in [3.05, 3.63) is 0 Å². The molecule has 132 valence electrons. The minimum atomic E-state index is -0.188. The zero-order valence-electron chi connectivity index (χ0n) is 14.4. The highest BCUT2D eigenvalue weighted by atomic mass is 16.5. The van der Waals surface area contributed by atoms with Crippen molar-refractivity contribution >= 4 is 11.8 Å². The van der Waals surface area contributed by atoms with Crippen molar-refractivity contribution in [3.63, 3.8) is 0 Å². The van der Waals surface area contributed by atoms with Crippen LogP contribution in [0.4, 0.5) is 0 Å². The van der Waals surface area contributed by atoms with E-state index in [0.29, 0.717) is 26.1 Å². The van der Waals surface area contributed by atoms with Crippen molar-refractivity contribution < 1.29 is 14.3 Å². The number of likely N-dealkylation sites (tertiary alicyclic amines) is 1. The Bertz CT molecular complexity index is 397. The molecule has 23 heavy (non-hydrogen) atoms. The summed E-state index contributed by atoms with van der Waals surface area (Å²) in [4.78, 5) is 30.5. The topological polar surface area (TPSA) is 65.1 Å². The maximum absolute atomic E-state index is 12.2. The molecule has 0 radical (unpaired) electrons. The highest BCUT2D eigenvalue weighted by Gasteiger charge is 2.34. The average Bonchev–Trinajstić information content (AvgIpc) is 2.91. The van der Waals surface area contributed by atoms with Crippen molar-refractivity contribution in [1.82, 2.24) is 20.0 Å². The predicted molar refractivity (Wildman–Crippen MR) is 88.1 cm³/mol.